The van der Waals surface area contributed by atoms with Gasteiger partial charge in [0.2, 0.25) is 0 Å². The van der Waals surface area contributed by atoms with Gasteiger partial charge in [0, 0.05) is 13.1 Å². The maximum absolute atomic E-state index is 12.4. The summed E-state index contributed by atoms with van der Waals surface area (Å²) in [6.45, 7) is 1.77. The number of hydrogen-bond acceptors (Lipinski definition) is 4. The number of nitrogens with zero attached hydrogens (tertiary/aromatic N) is 3. The average molecular weight is 320 g/mol. The predicted molar refractivity (Wildman–Crippen MR) is 86.5 cm³/mol. The Bertz CT molecular complexity index is 694. The molecule has 1 saturated heterocycles. The van der Waals surface area contributed by atoms with E-state index >= 15 is 0 Å². The number of benzene rings is 1. The van der Waals surface area contributed by atoms with Gasteiger partial charge in [-0.25, -0.2) is 4.68 Å². The summed E-state index contributed by atoms with van der Waals surface area (Å²) in [5.74, 6) is 0. The van der Waals surface area contributed by atoms with E-state index in [2.05, 4.69) is 5.10 Å². The van der Waals surface area contributed by atoms with Crippen molar-refractivity contribution in [2.45, 2.75) is 25.5 Å². The minimum absolute atomic E-state index is 0.197. The minimum Gasteiger partial charge on any atom is -0.393 e. The van der Waals surface area contributed by atoms with Crippen molar-refractivity contribution >= 4 is 17.3 Å². The van der Waals surface area contributed by atoms with Crippen LogP contribution in [0.3, 0.4) is 0 Å². The van der Waals surface area contributed by atoms with Gasteiger partial charge in [0.1, 0.15) is 5.02 Å². The van der Waals surface area contributed by atoms with E-state index in [1.54, 1.807) is 6.20 Å². The Hall–Kier alpha value is -1.85. The lowest BCUT2D eigenvalue weighted by atomic mass is 10.1. The quantitative estimate of drug-likeness (QED) is 0.939. The molecule has 1 aliphatic heterocycles. The number of halogens is 1. The summed E-state index contributed by atoms with van der Waals surface area (Å²) in [7, 11) is 0. The van der Waals surface area contributed by atoms with Gasteiger partial charge >= 0.3 is 0 Å². The molecule has 0 amide bonds. The molecule has 0 atom stereocenters. The van der Waals surface area contributed by atoms with Crippen LogP contribution in [0.5, 0.6) is 0 Å². The highest BCUT2D eigenvalue weighted by Gasteiger charge is 2.21. The van der Waals surface area contributed by atoms with Gasteiger partial charge in [-0.15, -0.1) is 0 Å². The Morgan fingerprint density at radius 2 is 1.91 bits per heavy atom. The van der Waals surface area contributed by atoms with Gasteiger partial charge in [-0.2, -0.15) is 5.10 Å². The number of aliphatic hydroxyl groups excluding tert-OH is 1. The largest absolute Gasteiger partial charge is 0.393 e. The molecule has 5 nitrogen and oxygen atoms in total. The van der Waals surface area contributed by atoms with Gasteiger partial charge in [-0.05, 0) is 18.4 Å². The first-order valence-corrected chi connectivity index (χ1v) is 7.75. The van der Waals surface area contributed by atoms with Crippen LogP contribution in [-0.2, 0) is 6.54 Å². The fourth-order valence-corrected chi connectivity index (χ4v) is 2.92. The van der Waals surface area contributed by atoms with Crippen LogP contribution in [0.4, 0.5) is 5.69 Å². The van der Waals surface area contributed by atoms with Crippen molar-refractivity contribution in [2.75, 3.05) is 18.0 Å². The molecule has 0 bridgehead atoms. The fourth-order valence-electron chi connectivity index (χ4n) is 2.65. The number of piperidine rings is 1. The highest BCUT2D eigenvalue weighted by molar-refractivity contribution is 6.33. The second-order valence-corrected chi connectivity index (χ2v) is 5.89. The van der Waals surface area contributed by atoms with E-state index in [-0.39, 0.29) is 16.7 Å². The molecule has 3 rings (SSSR count). The molecule has 2 heterocycles. The molecule has 116 valence electrons. The normalized spacial score (nSPS) is 16.0. The first-order valence-electron chi connectivity index (χ1n) is 7.37. The van der Waals surface area contributed by atoms with Gasteiger partial charge in [0.15, 0.2) is 0 Å². The van der Waals surface area contributed by atoms with Crippen LogP contribution < -0.4 is 10.5 Å². The molecule has 0 saturated carbocycles. The smallest absolute Gasteiger partial charge is 0.287 e. The Morgan fingerprint density at radius 1 is 1.23 bits per heavy atom. The van der Waals surface area contributed by atoms with E-state index in [4.69, 9.17) is 11.6 Å². The van der Waals surface area contributed by atoms with E-state index in [0.717, 1.165) is 5.56 Å². The molecule has 0 radical (unpaired) electrons. The Labute approximate surface area is 133 Å². The molecule has 22 heavy (non-hydrogen) atoms. The van der Waals surface area contributed by atoms with Gasteiger partial charge in [-0.3, -0.25) is 4.79 Å². The SMILES string of the molecule is O=c1c(Cl)c(N2CCC(O)CC2)cnn1Cc1ccccc1. The zero-order valence-electron chi connectivity index (χ0n) is 12.2. The molecule has 1 aromatic carbocycles. The average Bonchev–Trinajstić information content (AvgIpc) is 2.54. The number of aromatic nitrogens is 2. The van der Waals surface area contributed by atoms with Crippen LogP contribution in [-0.4, -0.2) is 34.1 Å². The number of aliphatic hydroxyl groups is 1. The summed E-state index contributed by atoms with van der Waals surface area (Å²) in [5, 5.41) is 14.0. The van der Waals surface area contributed by atoms with Crippen molar-refractivity contribution < 1.29 is 5.11 Å². The molecule has 1 fully saturated rings. The van der Waals surface area contributed by atoms with Crippen LogP contribution in [0, 0.1) is 0 Å². The summed E-state index contributed by atoms with van der Waals surface area (Å²) in [5.41, 5.74) is 1.37. The lowest BCUT2D eigenvalue weighted by molar-refractivity contribution is 0.145. The van der Waals surface area contributed by atoms with E-state index < -0.39 is 0 Å². The van der Waals surface area contributed by atoms with Crippen molar-refractivity contribution in [3.8, 4) is 0 Å². The van der Waals surface area contributed by atoms with E-state index in [1.807, 2.05) is 35.2 Å². The highest BCUT2D eigenvalue weighted by Crippen LogP contribution is 2.24. The third kappa shape index (κ3) is 3.15. The summed E-state index contributed by atoms with van der Waals surface area (Å²) in [6.07, 6.45) is 2.75. The molecule has 1 aliphatic rings. The van der Waals surface area contributed by atoms with Gasteiger partial charge in [-0.1, -0.05) is 41.9 Å². The van der Waals surface area contributed by atoms with Crippen molar-refractivity contribution in [3.05, 3.63) is 57.5 Å². The highest BCUT2D eigenvalue weighted by atomic mass is 35.5. The molecular weight excluding hydrogens is 302 g/mol. The zero-order valence-corrected chi connectivity index (χ0v) is 12.9. The molecule has 0 spiro atoms. The Kier molecular flexibility index (Phi) is 4.45. The third-order valence-electron chi connectivity index (χ3n) is 3.95. The molecular formula is C16H18ClN3O2. The van der Waals surface area contributed by atoms with Crippen LogP contribution in [0.15, 0.2) is 41.3 Å². The molecule has 1 aromatic heterocycles. The minimum atomic E-state index is -0.283. The third-order valence-corrected chi connectivity index (χ3v) is 4.30. The van der Waals surface area contributed by atoms with Crippen LogP contribution in [0.1, 0.15) is 18.4 Å². The van der Waals surface area contributed by atoms with Crippen molar-refractivity contribution in [1.82, 2.24) is 9.78 Å². The number of rotatable bonds is 3. The lowest BCUT2D eigenvalue weighted by Gasteiger charge is -2.31. The molecule has 1 N–H and O–H groups in total. The molecule has 2 aromatic rings. The number of anilines is 1. The summed E-state index contributed by atoms with van der Waals surface area (Å²) in [4.78, 5) is 14.4. The second-order valence-electron chi connectivity index (χ2n) is 5.51. The molecule has 0 unspecified atom stereocenters. The number of hydrogen-bond donors (Lipinski definition) is 1. The van der Waals surface area contributed by atoms with E-state index in [1.165, 1.54) is 4.68 Å². The summed E-state index contributed by atoms with van der Waals surface area (Å²) >= 11 is 6.26. The van der Waals surface area contributed by atoms with E-state index in [9.17, 15) is 9.90 Å². The Balaban J connectivity index is 1.84. The van der Waals surface area contributed by atoms with Gasteiger partial charge < -0.3 is 10.0 Å². The second kappa shape index (κ2) is 6.50. The fraction of sp³-hybridized carbons (Fsp3) is 0.375. The Morgan fingerprint density at radius 3 is 2.59 bits per heavy atom. The lowest BCUT2D eigenvalue weighted by Crippen LogP contribution is -2.37. The first kappa shape index (κ1) is 15.1. The molecule has 0 aliphatic carbocycles. The van der Waals surface area contributed by atoms with Crippen LogP contribution >= 0.6 is 11.6 Å². The monoisotopic (exact) mass is 319 g/mol. The van der Waals surface area contributed by atoms with Gasteiger partial charge in [0.05, 0.1) is 24.5 Å². The van der Waals surface area contributed by atoms with Crippen molar-refractivity contribution in [1.29, 1.82) is 0 Å². The maximum atomic E-state index is 12.4. The standard InChI is InChI=1S/C16H18ClN3O2/c17-15-14(19-8-6-13(21)7-9-19)10-18-20(16(15)22)11-12-4-2-1-3-5-12/h1-5,10,13,21H,6-9,11H2. The predicted octanol–water partition coefficient (Wildman–Crippen LogP) is 1.91. The maximum Gasteiger partial charge on any atom is 0.287 e. The topological polar surface area (TPSA) is 58.4 Å². The van der Waals surface area contributed by atoms with Crippen molar-refractivity contribution in [3.63, 3.8) is 0 Å². The summed E-state index contributed by atoms with van der Waals surface area (Å²) in [6, 6.07) is 9.68. The van der Waals surface area contributed by atoms with Gasteiger partial charge in [0.25, 0.3) is 5.56 Å². The zero-order chi connectivity index (χ0) is 15.5. The summed E-state index contributed by atoms with van der Waals surface area (Å²) < 4.78 is 1.37. The van der Waals surface area contributed by atoms with Crippen LogP contribution in [0.25, 0.3) is 0 Å². The first-order chi connectivity index (χ1) is 10.6. The van der Waals surface area contributed by atoms with Crippen LogP contribution in [0.2, 0.25) is 5.02 Å². The molecule has 6 heteroatoms. The van der Waals surface area contributed by atoms with Crippen molar-refractivity contribution in [2.24, 2.45) is 0 Å². The van der Waals surface area contributed by atoms with E-state index in [0.29, 0.717) is 38.2 Å².